The molecule has 1 heteroatoms. The molecule has 1 aromatic carbocycles. The van der Waals surface area contributed by atoms with Crippen LogP contribution in [0.3, 0.4) is 0 Å². The molecule has 0 spiro atoms. The zero-order chi connectivity index (χ0) is 10.6. The second-order valence-electron chi connectivity index (χ2n) is 3.89. The van der Waals surface area contributed by atoms with Gasteiger partial charge < -0.3 is 4.74 Å². The number of benzene rings is 1. The van der Waals surface area contributed by atoms with E-state index >= 15 is 0 Å². The minimum absolute atomic E-state index is 0.124. The summed E-state index contributed by atoms with van der Waals surface area (Å²) in [7, 11) is 0. The van der Waals surface area contributed by atoms with Gasteiger partial charge in [-0.3, -0.25) is 0 Å². The molecule has 0 aliphatic heterocycles. The second kappa shape index (κ2) is 4.61. The highest BCUT2D eigenvalue weighted by Crippen LogP contribution is 2.29. The smallest absolute Gasteiger partial charge is 0.0900 e. The van der Waals surface area contributed by atoms with E-state index in [-0.39, 0.29) is 5.60 Å². The van der Waals surface area contributed by atoms with Gasteiger partial charge in [0, 0.05) is 6.61 Å². The Morgan fingerprint density at radius 3 is 2.50 bits per heavy atom. The van der Waals surface area contributed by atoms with Gasteiger partial charge in [-0.25, -0.2) is 0 Å². The Labute approximate surface area is 87.1 Å². The van der Waals surface area contributed by atoms with Crippen LogP contribution in [-0.4, -0.2) is 6.61 Å². The molecule has 0 heterocycles. The van der Waals surface area contributed by atoms with Gasteiger partial charge in [0.15, 0.2) is 0 Å². The van der Waals surface area contributed by atoms with Crippen molar-refractivity contribution in [2.24, 2.45) is 0 Å². The SMILES string of the molecule is CCOC(C)(CC)c1cccc(C)c1. The highest BCUT2D eigenvalue weighted by molar-refractivity contribution is 5.27. The first-order valence-electron chi connectivity index (χ1n) is 5.33. The highest BCUT2D eigenvalue weighted by Gasteiger charge is 2.24. The molecular weight excluding hydrogens is 172 g/mol. The van der Waals surface area contributed by atoms with Gasteiger partial charge in [0.2, 0.25) is 0 Å². The lowest BCUT2D eigenvalue weighted by atomic mass is 9.92. The molecule has 0 N–H and O–H groups in total. The lowest BCUT2D eigenvalue weighted by molar-refractivity contribution is -0.0323. The molecule has 0 radical (unpaired) electrons. The largest absolute Gasteiger partial charge is 0.371 e. The van der Waals surface area contributed by atoms with Crippen LogP contribution < -0.4 is 0 Å². The van der Waals surface area contributed by atoms with E-state index < -0.39 is 0 Å². The second-order valence-corrected chi connectivity index (χ2v) is 3.89. The predicted octanol–water partition coefficient (Wildman–Crippen LogP) is 3.66. The van der Waals surface area contributed by atoms with Crippen molar-refractivity contribution in [2.75, 3.05) is 6.61 Å². The molecule has 1 nitrogen and oxygen atoms in total. The van der Waals surface area contributed by atoms with Crippen molar-refractivity contribution in [3.63, 3.8) is 0 Å². The van der Waals surface area contributed by atoms with Crippen LogP contribution in [0.5, 0.6) is 0 Å². The molecule has 0 amide bonds. The molecule has 0 aliphatic rings. The lowest BCUT2D eigenvalue weighted by Gasteiger charge is -2.29. The molecule has 0 aliphatic carbocycles. The number of hydrogen-bond donors (Lipinski definition) is 0. The fourth-order valence-corrected chi connectivity index (χ4v) is 1.68. The van der Waals surface area contributed by atoms with Crippen molar-refractivity contribution < 1.29 is 4.74 Å². The van der Waals surface area contributed by atoms with E-state index in [2.05, 4.69) is 45.0 Å². The molecule has 0 fully saturated rings. The van der Waals surface area contributed by atoms with E-state index in [9.17, 15) is 0 Å². The van der Waals surface area contributed by atoms with Gasteiger partial charge in [0.1, 0.15) is 0 Å². The maximum Gasteiger partial charge on any atom is 0.0900 e. The van der Waals surface area contributed by atoms with Gasteiger partial charge in [0.05, 0.1) is 5.60 Å². The summed E-state index contributed by atoms with van der Waals surface area (Å²) >= 11 is 0. The van der Waals surface area contributed by atoms with Crippen molar-refractivity contribution in [3.8, 4) is 0 Å². The zero-order valence-corrected chi connectivity index (χ0v) is 9.63. The minimum atomic E-state index is -0.124. The van der Waals surface area contributed by atoms with Crippen LogP contribution in [0.4, 0.5) is 0 Å². The summed E-state index contributed by atoms with van der Waals surface area (Å²) in [4.78, 5) is 0. The quantitative estimate of drug-likeness (QED) is 0.707. The van der Waals surface area contributed by atoms with Gasteiger partial charge >= 0.3 is 0 Å². The van der Waals surface area contributed by atoms with E-state index in [1.54, 1.807) is 0 Å². The van der Waals surface area contributed by atoms with Gasteiger partial charge in [-0.15, -0.1) is 0 Å². The lowest BCUT2D eigenvalue weighted by Crippen LogP contribution is -2.25. The monoisotopic (exact) mass is 192 g/mol. The van der Waals surface area contributed by atoms with Gasteiger partial charge in [-0.05, 0) is 32.8 Å². The molecule has 0 saturated heterocycles. The number of ether oxygens (including phenoxy) is 1. The summed E-state index contributed by atoms with van der Waals surface area (Å²) in [6.07, 6.45) is 1.00. The zero-order valence-electron chi connectivity index (χ0n) is 9.63. The summed E-state index contributed by atoms with van der Waals surface area (Å²) in [5.74, 6) is 0. The molecule has 0 aromatic heterocycles. The van der Waals surface area contributed by atoms with E-state index in [0.717, 1.165) is 13.0 Å². The van der Waals surface area contributed by atoms with Crippen molar-refractivity contribution in [1.82, 2.24) is 0 Å². The van der Waals surface area contributed by atoms with Gasteiger partial charge in [-0.2, -0.15) is 0 Å². The van der Waals surface area contributed by atoms with E-state index in [4.69, 9.17) is 4.74 Å². The fraction of sp³-hybridized carbons (Fsp3) is 0.538. The first-order chi connectivity index (χ1) is 6.62. The summed E-state index contributed by atoms with van der Waals surface area (Å²) in [6, 6.07) is 8.56. The third-order valence-corrected chi connectivity index (χ3v) is 2.77. The maximum absolute atomic E-state index is 5.82. The van der Waals surface area contributed by atoms with Crippen LogP contribution in [0.2, 0.25) is 0 Å². The normalized spacial score (nSPS) is 15.1. The molecule has 0 bridgehead atoms. The average Bonchev–Trinajstić information content (AvgIpc) is 2.18. The van der Waals surface area contributed by atoms with Crippen LogP contribution >= 0.6 is 0 Å². The van der Waals surface area contributed by atoms with Gasteiger partial charge in [-0.1, -0.05) is 36.8 Å². The summed E-state index contributed by atoms with van der Waals surface area (Å²) in [6.45, 7) is 9.25. The maximum atomic E-state index is 5.82. The summed E-state index contributed by atoms with van der Waals surface area (Å²) in [5.41, 5.74) is 2.45. The standard InChI is InChI=1S/C13H20O/c1-5-13(4,14-6-2)12-9-7-8-11(3)10-12/h7-10H,5-6H2,1-4H3. The molecule has 1 aromatic rings. The number of aryl methyl sites for hydroxylation is 1. The Kier molecular flexibility index (Phi) is 3.70. The van der Waals surface area contributed by atoms with Crippen molar-refractivity contribution in [1.29, 1.82) is 0 Å². The Morgan fingerprint density at radius 2 is 2.00 bits per heavy atom. The third-order valence-electron chi connectivity index (χ3n) is 2.77. The summed E-state index contributed by atoms with van der Waals surface area (Å²) in [5, 5.41) is 0. The Balaban J connectivity index is 2.99. The average molecular weight is 192 g/mol. The van der Waals surface area contributed by atoms with Crippen molar-refractivity contribution >= 4 is 0 Å². The summed E-state index contributed by atoms with van der Waals surface area (Å²) < 4.78 is 5.82. The van der Waals surface area contributed by atoms with Crippen LogP contribution in [0, 0.1) is 6.92 Å². The third kappa shape index (κ3) is 2.36. The molecule has 1 unspecified atom stereocenters. The van der Waals surface area contributed by atoms with Crippen LogP contribution in [0.15, 0.2) is 24.3 Å². The predicted molar refractivity (Wildman–Crippen MR) is 60.4 cm³/mol. The van der Waals surface area contributed by atoms with Crippen molar-refractivity contribution in [3.05, 3.63) is 35.4 Å². The van der Waals surface area contributed by atoms with Gasteiger partial charge in [0.25, 0.3) is 0 Å². The molecule has 1 atom stereocenters. The Hall–Kier alpha value is -0.820. The first kappa shape index (κ1) is 11.3. The van der Waals surface area contributed by atoms with E-state index in [1.165, 1.54) is 11.1 Å². The minimum Gasteiger partial charge on any atom is -0.371 e. The fourth-order valence-electron chi connectivity index (χ4n) is 1.68. The van der Waals surface area contributed by atoms with Crippen LogP contribution in [0.25, 0.3) is 0 Å². The molecule has 14 heavy (non-hydrogen) atoms. The first-order valence-corrected chi connectivity index (χ1v) is 5.33. The topological polar surface area (TPSA) is 9.23 Å². The molecule has 78 valence electrons. The number of rotatable bonds is 4. The van der Waals surface area contributed by atoms with E-state index in [0.29, 0.717) is 0 Å². The van der Waals surface area contributed by atoms with Crippen LogP contribution in [0.1, 0.15) is 38.3 Å². The molecule has 0 saturated carbocycles. The Bertz CT molecular complexity index is 293. The Morgan fingerprint density at radius 1 is 1.29 bits per heavy atom. The molecular formula is C13H20O. The highest BCUT2D eigenvalue weighted by atomic mass is 16.5. The van der Waals surface area contributed by atoms with Crippen LogP contribution in [-0.2, 0) is 10.3 Å². The van der Waals surface area contributed by atoms with E-state index in [1.807, 2.05) is 6.92 Å². The van der Waals surface area contributed by atoms with Crippen molar-refractivity contribution in [2.45, 2.75) is 39.7 Å². The number of hydrogen-bond acceptors (Lipinski definition) is 1. The molecule has 1 rings (SSSR count).